The Balaban J connectivity index is 2.32. The number of hydrogen-bond acceptors (Lipinski definition) is 2. The van der Waals surface area contributed by atoms with Gasteiger partial charge in [0.25, 0.3) is 0 Å². The molecule has 2 heteroatoms. The van der Waals surface area contributed by atoms with Gasteiger partial charge in [-0.3, -0.25) is 4.79 Å². The van der Waals surface area contributed by atoms with Gasteiger partial charge in [-0.05, 0) is 25.2 Å². The summed E-state index contributed by atoms with van der Waals surface area (Å²) in [5.74, 6) is 0.951. The van der Waals surface area contributed by atoms with E-state index in [1.165, 1.54) is 5.70 Å². The number of hydrogen-bond donors (Lipinski definition) is 0. The van der Waals surface area contributed by atoms with Gasteiger partial charge in [0.15, 0.2) is 5.78 Å². The van der Waals surface area contributed by atoms with Gasteiger partial charge in [0.05, 0.1) is 0 Å². The van der Waals surface area contributed by atoms with Crippen molar-refractivity contribution in [2.45, 2.75) is 32.6 Å². The number of rotatable bonds is 0. The summed E-state index contributed by atoms with van der Waals surface area (Å²) in [6, 6.07) is 0. The van der Waals surface area contributed by atoms with E-state index >= 15 is 0 Å². The lowest BCUT2D eigenvalue weighted by molar-refractivity contribution is -0.117. The number of allylic oxidation sites excluding steroid dienone is 2. The highest BCUT2D eigenvalue weighted by atomic mass is 16.1. The first-order valence-corrected chi connectivity index (χ1v) is 5.15. The first kappa shape index (κ1) is 8.79. The molecule has 1 heterocycles. The predicted octanol–water partition coefficient (Wildman–Crippen LogP) is 1.97. The summed E-state index contributed by atoms with van der Waals surface area (Å²) < 4.78 is 0. The number of Topliss-reactive ketones (excluding diaryl/α,β-unsaturated/α-hetero) is 1. The van der Waals surface area contributed by atoms with E-state index in [9.17, 15) is 4.79 Å². The van der Waals surface area contributed by atoms with Crippen molar-refractivity contribution in [2.75, 3.05) is 13.6 Å². The van der Waals surface area contributed by atoms with Crippen LogP contribution in [0.3, 0.4) is 0 Å². The van der Waals surface area contributed by atoms with Gasteiger partial charge in [0, 0.05) is 31.3 Å². The molecule has 2 rings (SSSR count). The Morgan fingerprint density at radius 2 is 2.15 bits per heavy atom. The molecule has 1 unspecified atom stereocenters. The number of ketones is 1. The van der Waals surface area contributed by atoms with Crippen LogP contribution in [0.2, 0.25) is 0 Å². The van der Waals surface area contributed by atoms with Crippen molar-refractivity contribution >= 4 is 5.78 Å². The normalized spacial score (nSPS) is 29.2. The maximum absolute atomic E-state index is 11.7. The highest BCUT2D eigenvalue weighted by Crippen LogP contribution is 2.33. The zero-order valence-corrected chi connectivity index (χ0v) is 8.47. The molecule has 0 N–H and O–H groups in total. The zero-order chi connectivity index (χ0) is 9.42. The van der Waals surface area contributed by atoms with Crippen LogP contribution in [0, 0.1) is 5.92 Å². The second-order valence-electron chi connectivity index (χ2n) is 4.39. The Morgan fingerprint density at radius 1 is 1.38 bits per heavy atom. The quantitative estimate of drug-likeness (QED) is 0.566. The van der Waals surface area contributed by atoms with Gasteiger partial charge < -0.3 is 4.90 Å². The molecule has 0 bridgehead atoms. The van der Waals surface area contributed by atoms with Crippen LogP contribution in [0.5, 0.6) is 0 Å². The van der Waals surface area contributed by atoms with Gasteiger partial charge in [-0.25, -0.2) is 0 Å². The summed E-state index contributed by atoms with van der Waals surface area (Å²) in [6.07, 6.45) is 4.05. The standard InChI is InChI=1S/C11H17NO/c1-8-6-10-9(11(13)7-8)4-3-5-12(10)2/h8H,3-7H2,1-2H3. The summed E-state index contributed by atoms with van der Waals surface area (Å²) in [4.78, 5) is 14.0. The van der Waals surface area contributed by atoms with Crippen molar-refractivity contribution in [3.8, 4) is 0 Å². The van der Waals surface area contributed by atoms with Crippen LogP contribution in [-0.4, -0.2) is 24.3 Å². The van der Waals surface area contributed by atoms with E-state index < -0.39 is 0 Å². The fraction of sp³-hybridized carbons (Fsp3) is 0.727. The van der Waals surface area contributed by atoms with Gasteiger partial charge in [-0.1, -0.05) is 6.92 Å². The SMILES string of the molecule is CC1CC(=O)C2=C(C1)N(C)CCC2. The minimum Gasteiger partial charge on any atom is -0.378 e. The Morgan fingerprint density at radius 3 is 2.92 bits per heavy atom. The molecule has 0 saturated carbocycles. The molecule has 0 aromatic rings. The Kier molecular flexibility index (Phi) is 2.14. The predicted molar refractivity (Wildman–Crippen MR) is 52.3 cm³/mol. The highest BCUT2D eigenvalue weighted by Gasteiger charge is 2.28. The first-order valence-electron chi connectivity index (χ1n) is 5.15. The Hall–Kier alpha value is -0.790. The van der Waals surface area contributed by atoms with Crippen LogP contribution in [0.15, 0.2) is 11.3 Å². The first-order chi connectivity index (χ1) is 6.18. The van der Waals surface area contributed by atoms with Crippen LogP contribution >= 0.6 is 0 Å². The molecule has 0 fully saturated rings. The molecule has 1 aliphatic heterocycles. The Bertz CT molecular complexity index is 267. The van der Waals surface area contributed by atoms with E-state index in [1.54, 1.807) is 0 Å². The third-order valence-corrected chi connectivity index (χ3v) is 3.14. The average molecular weight is 179 g/mol. The molecule has 1 aliphatic carbocycles. The molecule has 1 atom stereocenters. The molecule has 0 aromatic heterocycles. The molecule has 0 spiro atoms. The number of carbonyl (C=O) groups is 1. The smallest absolute Gasteiger partial charge is 0.160 e. The van der Waals surface area contributed by atoms with Crippen molar-refractivity contribution in [3.05, 3.63) is 11.3 Å². The summed E-state index contributed by atoms with van der Waals surface area (Å²) >= 11 is 0. The molecule has 0 saturated heterocycles. The molecular weight excluding hydrogens is 162 g/mol. The maximum Gasteiger partial charge on any atom is 0.160 e. The topological polar surface area (TPSA) is 20.3 Å². The number of nitrogens with zero attached hydrogens (tertiary/aromatic N) is 1. The fourth-order valence-electron chi connectivity index (χ4n) is 2.42. The lowest BCUT2D eigenvalue weighted by Gasteiger charge is -2.35. The Labute approximate surface area is 79.6 Å². The molecule has 72 valence electrons. The molecule has 2 aliphatic rings. The van der Waals surface area contributed by atoms with E-state index in [2.05, 4.69) is 18.9 Å². The van der Waals surface area contributed by atoms with E-state index in [0.29, 0.717) is 11.7 Å². The van der Waals surface area contributed by atoms with Crippen LogP contribution in [0.1, 0.15) is 32.6 Å². The van der Waals surface area contributed by atoms with Crippen molar-refractivity contribution in [1.29, 1.82) is 0 Å². The monoisotopic (exact) mass is 179 g/mol. The highest BCUT2D eigenvalue weighted by molar-refractivity contribution is 5.97. The second kappa shape index (κ2) is 3.17. The lowest BCUT2D eigenvalue weighted by atomic mass is 9.83. The third-order valence-electron chi connectivity index (χ3n) is 3.14. The summed E-state index contributed by atoms with van der Waals surface area (Å²) in [5.41, 5.74) is 2.46. The molecule has 0 aromatic carbocycles. The van der Waals surface area contributed by atoms with Crippen LogP contribution < -0.4 is 0 Å². The van der Waals surface area contributed by atoms with Gasteiger partial charge in [-0.2, -0.15) is 0 Å². The van der Waals surface area contributed by atoms with E-state index in [0.717, 1.165) is 37.8 Å². The van der Waals surface area contributed by atoms with Gasteiger partial charge in [0.2, 0.25) is 0 Å². The van der Waals surface area contributed by atoms with Crippen LogP contribution in [0.25, 0.3) is 0 Å². The molecular formula is C11H17NO. The van der Waals surface area contributed by atoms with Gasteiger partial charge in [-0.15, -0.1) is 0 Å². The van der Waals surface area contributed by atoms with Crippen molar-refractivity contribution in [1.82, 2.24) is 4.90 Å². The largest absolute Gasteiger partial charge is 0.378 e. The third kappa shape index (κ3) is 1.50. The van der Waals surface area contributed by atoms with Crippen molar-refractivity contribution in [3.63, 3.8) is 0 Å². The zero-order valence-electron chi connectivity index (χ0n) is 8.47. The summed E-state index contributed by atoms with van der Waals surface area (Å²) in [5, 5.41) is 0. The molecule has 13 heavy (non-hydrogen) atoms. The summed E-state index contributed by atoms with van der Waals surface area (Å²) in [7, 11) is 2.11. The van der Waals surface area contributed by atoms with E-state index in [1.807, 2.05) is 0 Å². The summed E-state index contributed by atoms with van der Waals surface area (Å²) in [6.45, 7) is 3.29. The van der Waals surface area contributed by atoms with Crippen LogP contribution in [-0.2, 0) is 4.79 Å². The lowest BCUT2D eigenvalue weighted by Crippen LogP contribution is -2.32. The van der Waals surface area contributed by atoms with Gasteiger partial charge in [0.1, 0.15) is 0 Å². The van der Waals surface area contributed by atoms with Crippen molar-refractivity contribution in [2.24, 2.45) is 5.92 Å². The van der Waals surface area contributed by atoms with Crippen LogP contribution in [0.4, 0.5) is 0 Å². The molecule has 0 radical (unpaired) electrons. The minimum atomic E-state index is 0.403. The maximum atomic E-state index is 11.7. The fourth-order valence-corrected chi connectivity index (χ4v) is 2.42. The molecule has 0 amide bonds. The second-order valence-corrected chi connectivity index (χ2v) is 4.39. The minimum absolute atomic E-state index is 0.403. The average Bonchev–Trinajstić information content (AvgIpc) is 2.07. The van der Waals surface area contributed by atoms with E-state index in [4.69, 9.17) is 0 Å². The molecule has 2 nitrogen and oxygen atoms in total. The number of carbonyl (C=O) groups excluding carboxylic acids is 1. The van der Waals surface area contributed by atoms with Gasteiger partial charge >= 0.3 is 0 Å². The van der Waals surface area contributed by atoms with E-state index in [-0.39, 0.29) is 0 Å². The van der Waals surface area contributed by atoms with Crippen molar-refractivity contribution < 1.29 is 4.79 Å².